The predicted octanol–water partition coefficient (Wildman–Crippen LogP) is 4.63. The highest BCUT2D eigenvalue weighted by Gasteiger charge is 2.28. The summed E-state index contributed by atoms with van der Waals surface area (Å²) in [6.07, 6.45) is 3.44. The molecule has 1 saturated heterocycles. The zero-order valence-corrected chi connectivity index (χ0v) is 18.0. The van der Waals surface area contributed by atoms with Gasteiger partial charge >= 0.3 is 5.97 Å². The number of carbonyl (C=O) groups is 1. The summed E-state index contributed by atoms with van der Waals surface area (Å²) < 4.78 is 0. The molecule has 1 N–H and O–H groups in total. The van der Waals surface area contributed by atoms with Crippen LogP contribution in [0, 0.1) is 17.2 Å². The van der Waals surface area contributed by atoms with Crippen molar-refractivity contribution in [2.45, 2.75) is 32.2 Å². The van der Waals surface area contributed by atoms with E-state index >= 15 is 0 Å². The number of benzene rings is 2. The number of aromatic carboxylic acids is 1. The Morgan fingerprint density at radius 3 is 2.81 bits per heavy atom. The highest BCUT2D eigenvalue weighted by Crippen LogP contribution is 2.35. The molecule has 3 heterocycles. The fraction of sp³-hybridized carbons (Fsp3) is 0.346. The SMILES string of the molecule is N#CC[C@@H]1CCCN(c2cc(C(=O)O)nc3c2CCN(c2cccc4ccccc24)C3)C1. The molecule has 6 nitrogen and oxygen atoms in total. The van der Waals surface area contributed by atoms with E-state index in [1.54, 1.807) is 6.07 Å². The number of nitriles is 1. The number of rotatable bonds is 4. The van der Waals surface area contributed by atoms with Crippen molar-refractivity contribution in [1.82, 2.24) is 4.98 Å². The molecule has 0 aliphatic carbocycles. The summed E-state index contributed by atoms with van der Waals surface area (Å²) in [5, 5.41) is 21.3. The van der Waals surface area contributed by atoms with Gasteiger partial charge in [0.05, 0.1) is 18.3 Å². The first-order valence-electron chi connectivity index (χ1n) is 11.2. The highest BCUT2D eigenvalue weighted by atomic mass is 16.4. The van der Waals surface area contributed by atoms with Crippen molar-refractivity contribution < 1.29 is 9.90 Å². The standard InChI is InChI=1S/C26H26N4O2/c27-12-10-18-5-4-13-29(16-18)25-15-22(26(31)32)28-23-17-30(14-11-21(23)25)24-9-3-7-19-6-1-2-8-20(19)24/h1-3,6-9,15,18H,4-5,10-11,13-14,16-17H2,(H,31,32)/t18-/m0/s1. The Bertz CT molecular complexity index is 1210. The van der Waals surface area contributed by atoms with Gasteiger partial charge in [-0.2, -0.15) is 5.26 Å². The van der Waals surface area contributed by atoms with Crippen molar-refractivity contribution in [3.63, 3.8) is 0 Å². The normalized spacial score (nSPS) is 18.3. The van der Waals surface area contributed by atoms with Gasteiger partial charge in [0.25, 0.3) is 0 Å². The van der Waals surface area contributed by atoms with Gasteiger partial charge in [0.1, 0.15) is 0 Å². The van der Waals surface area contributed by atoms with E-state index in [0.717, 1.165) is 61.5 Å². The van der Waals surface area contributed by atoms with Crippen molar-refractivity contribution in [3.8, 4) is 6.07 Å². The minimum Gasteiger partial charge on any atom is -0.477 e. The van der Waals surface area contributed by atoms with Gasteiger partial charge in [-0.15, -0.1) is 0 Å². The van der Waals surface area contributed by atoms with E-state index in [2.05, 4.69) is 57.3 Å². The average molecular weight is 427 g/mol. The largest absolute Gasteiger partial charge is 0.477 e. The van der Waals surface area contributed by atoms with Crippen LogP contribution < -0.4 is 9.80 Å². The Hall–Kier alpha value is -3.59. The van der Waals surface area contributed by atoms with E-state index in [-0.39, 0.29) is 5.69 Å². The van der Waals surface area contributed by atoms with Crippen molar-refractivity contribution in [1.29, 1.82) is 5.26 Å². The number of hydrogen-bond donors (Lipinski definition) is 1. The van der Waals surface area contributed by atoms with Crippen molar-refractivity contribution >= 4 is 28.1 Å². The number of nitrogens with zero attached hydrogens (tertiary/aromatic N) is 4. The molecule has 5 rings (SSSR count). The lowest BCUT2D eigenvalue weighted by Gasteiger charge is -2.38. The molecule has 0 spiro atoms. The topological polar surface area (TPSA) is 80.5 Å². The molecule has 0 saturated carbocycles. The van der Waals surface area contributed by atoms with Crippen LogP contribution in [0.5, 0.6) is 0 Å². The lowest BCUT2D eigenvalue weighted by molar-refractivity contribution is 0.0690. The number of fused-ring (bicyclic) bond motifs is 2. The second-order valence-corrected chi connectivity index (χ2v) is 8.74. The Morgan fingerprint density at radius 1 is 1.12 bits per heavy atom. The summed E-state index contributed by atoms with van der Waals surface area (Å²) >= 11 is 0. The Morgan fingerprint density at radius 2 is 1.97 bits per heavy atom. The van der Waals surface area contributed by atoms with E-state index in [0.29, 0.717) is 18.9 Å². The molecule has 2 aromatic carbocycles. The van der Waals surface area contributed by atoms with Crippen LogP contribution in [-0.2, 0) is 13.0 Å². The molecule has 162 valence electrons. The summed E-state index contributed by atoms with van der Waals surface area (Å²) in [5.74, 6) is -0.663. The first-order chi connectivity index (χ1) is 15.6. The van der Waals surface area contributed by atoms with Crippen molar-refractivity contribution in [3.05, 3.63) is 65.5 Å². The first-order valence-corrected chi connectivity index (χ1v) is 11.2. The molecule has 0 radical (unpaired) electrons. The number of aromatic nitrogens is 1. The van der Waals surface area contributed by atoms with Gasteiger partial charge in [-0.1, -0.05) is 36.4 Å². The van der Waals surface area contributed by atoms with Crippen LogP contribution in [-0.4, -0.2) is 35.7 Å². The van der Waals surface area contributed by atoms with Gasteiger partial charge in [-0.25, -0.2) is 9.78 Å². The zero-order chi connectivity index (χ0) is 22.1. The van der Waals surface area contributed by atoms with Gasteiger partial charge in [0.2, 0.25) is 0 Å². The smallest absolute Gasteiger partial charge is 0.354 e. The quantitative estimate of drug-likeness (QED) is 0.655. The maximum Gasteiger partial charge on any atom is 0.354 e. The third-order valence-corrected chi connectivity index (χ3v) is 6.72. The first kappa shape index (κ1) is 20.3. The molecule has 1 atom stereocenters. The van der Waals surface area contributed by atoms with Crippen LogP contribution in [0.1, 0.15) is 41.0 Å². The fourth-order valence-electron chi connectivity index (χ4n) is 5.18. The summed E-state index contributed by atoms with van der Waals surface area (Å²) in [4.78, 5) is 21.0. The zero-order valence-electron chi connectivity index (χ0n) is 18.0. The Balaban J connectivity index is 1.52. The molecule has 0 bridgehead atoms. The number of anilines is 2. The number of carboxylic acid groups (broad SMARTS) is 1. The highest BCUT2D eigenvalue weighted by molar-refractivity contribution is 5.94. The van der Waals surface area contributed by atoms with Gasteiger partial charge in [0.15, 0.2) is 5.69 Å². The molecule has 1 fully saturated rings. The van der Waals surface area contributed by atoms with Crippen LogP contribution in [0.3, 0.4) is 0 Å². The van der Waals surface area contributed by atoms with Gasteiger partial charge in [-0.05, 0) is 42.7 Å². The van der Waals surface area contributed by atoms with E-state index in [9.17, 15) is 9.90 Å². The van der Waals surface area contributed by atoms with E-state index in [1.165, 1.54) is 10.8 Å². The molecular weight excluding hydrogens is 400 g/mol. The third-order valence-electron chi connectivity index (χ3n) is 6.72. The molecule has 32 heavy (non-hydrogen) atoms. The van der Waals surface area contributed by atoms with Crippen LogP contribution >= 0.6 is 0 Å². The summed E-state index contributed by atoms with van der Waals surface area (Å²) in [5.41, 5.74) is 4.25. The van der Waals surface area contributed by atoms with Crippen LogP contribution in [0.25, 0.3) is 10.8 Å². The maximum absolute atomic E-state index is 11.9. The molecule has 0 amide bonds. The lowest BCUT2D eigenvalue weighted by atomic mass is 9.93. The molecule has 0 unspecified atom stereocenters. The fourth-order valence-corrected chi connectivity index (χ4v) is 5.18. The number of piperidine rings is 1. The maximum atomic E-state index is 11.9. The third kappa shape index (κ3) is 3.75. The Kier molecular flexibility index (Phi) is 5.40. The van der Waals surface area contributed by atoms with E-state index in [4.69, 9.17) is 5.26 Å². The lowest BCUT2D eigenvalue weighted by Crippen LogP contribution is -2.38. The van der Waals surface area contributed by atoms with Gasteiger partial charge < -0.3 is 14.9 Å². The van der Waals surface area contributed by atoms with Crippen LogP contribution in [0.2, 0.25) is 0 Å². The van der Waals surface area contributed by atoms with E-state index in [1.807, 2.05) is 6.07 Å². The van der Waals surface area contributed by atoms with Gasteiger partial charge in [0, 0.05) is 48.4 Å². The van der Waals surface area contributed by atoms with Crippen molar-refractivity contribution in [2.24, 2.45) is 5.92 Å². The number of carboxylic acids is 1. The van der Waals surface area contributed by atoms with Crippen LogP contribution in [0.15, 0.2) is 48.5 Å². The van der Waals surface area contributed by atoms with Crippen molar-refractivity contribution in [2.75, 3.05) is 29.4 Å². The molecule has 2 aliphatic heterocycles. The van der Waals surface area contributed by atoms with Crippen LogP contribution in [0.4, 0.5) is 11.4 Å². The second-order valence-electron chi connectivity index (χ2n) is 8.74. The summed E-state index contributed by atoms with van der Waals surface area (Å²) in [6, 6.07) is 18.7. The van der Waals surface area contributed by atoms with E-state index < -0.39 is 5.97 Å². The second kappa shape index (κ2) is 8.51. The monoisotopic (exact) mass is 426 g/mol. The number of hydrogen-bond acceptors (Lipinski definition) is 5. The predicted molar refractivity (Wildman–Crippen MR) is 125 cm³/mol. The number of pyridine rings is 1. The average Bonchev–Trinajstić information content (AvgIpc) is 2.83. The molecule has 3 aromatic rings. The molecule has 1 aromatic heterocycles. The minimum absolute atomic E-state index is 0.0981. The van der Waals surface area contributed by atoms with Gasteiger partial charge in [-0.3, -0.25) is 0 Å². The summed E-state index contributed by atoms with van der Waals surface area (Å²) in [7, 11) is 0. The molecule has 6 heteroatoms. The summed E-state index contributed by atoms with van der Waals surface area (Å²) in [6.45, 7) is 3.14. The molecular formula is C26H26N4O2. The Labute approximate surface area is 187 Å². The minimum atomic E-state index is -0.998. The molecule has 2 aliphatic rings.